The van der Waals surface area contributed by atoms with Gasteiger partial charge in [-0.1, -0.05) is 48.5 Å². The molecule has 2 heterocycles. The molecule has 0 aliphatic carbocycles. The number of fused-ring (bicyclic) bond motifs is 3. The van der Waals surface area contributed by atoms with Crippen molar-refractivity contribution in [3.63, 3.8) is 0 Å². The van der Waals surface area contributed by atoms with E-state index in [1.807, 2.05) is 49.3 Å². The Morgan fingerprint density at radius 3 is 2.23 bits per heavy atom. The number of carbonyl (C=O) groups excluding carboxylic acids is 2. The summed E-state index contributed by atoms with van der Waals surface area (Å²) in [6.07, 6.45) is -5.08. The Morgan fingerprint density at radius 2 is 1.65 bits per heavy atom. The lowest BCUT2D eigenvalue weighted by atomic mass is 10.1. The van der Waals surface area contributed by atoms with E-state index in [0.717, 1.165) is 5.39 Å². The topological polar surface area (TPSA) is 118 Å². The highest BCUT2D eigenvalue weighted by molar-refractivity contribution is 7.22. The van der Waals surface area contributed by atoms with Gasteiger partial charge in [0.1, 0.15) is 10.3 Å². The molecule has 0 saturated heterocycles. The molecular weight excluding hydrogens is 551 g/mol. The number of Topliss-reactive ketones (excluding diaryl/α,β-unsaturated/α-hetero) is 1. The number of aliphatic carboxylic acids is 1. The number of pyridine rings is 1. The minimum atomic E-state index is -5.08. The van der Waals surface area contributed by atoms with Crippen molar-refractivity contribution in [1.29, 1.82) is 0 Å². The van der Waals surface area contributed by atoms with Gasteiger partial charge in [-0.15, -0.1) is 11.3 Å². The van der Waals surface area contributed by atoms with Gasteiger partial charge in [0.25, 0.3) is 11.5 Å². The quantitative estimate of drug-likeness (QED) is 0.304. The van der Waals surface area contributed by atoms with E-state index in [2.05, 4.69) is 5.32 Å². The summed E-state index contributed by atoms with van der Waals surface area (Å²) in [5.41, 5.74) is 0.822. The first-order chi connectivity index (χ1) is 18.9. The van der Waals surface area contributed by atoms with Gasteiger partial charge in [0, 0.05) is 24.0 Å². The summed E-state index contributed by atoms with van der Waals surface area (Å²) < 4.78 is 39.4. The minimum absolute atomic E-state index is 0.108. The minimum Gasteiger partial charge on any atom is -0.494 e. The molecule has 0 bridgehead atoms. The van der Waals surface area contributed by atoms with Crippen molar-refractivity contribution >= 4 is 50.0 Å². The van der Waals surface area contributed by atoms with Crippen LogP contribution in [0.5, 0.6) is 5.75 Å². The summed E-state index contributed by atoms with van der Waals surface area (Å²) >= 11 is 1.23. The van der Waals surface area contributed by atoms with E-state index in [4.69, 9.17) is 14.6 Å². The second-order valence-corrected chi connectivity index (χ2v) is 9.75. The van der Waals surface area contributed by atoms with Crippen molar-refractivity contribution in [2.75, 3.05) is 34.3 Å². The van der Waals surface area contributed by atoms with Crippen molar-refractivity contribution in [2.24, 2.45) is 0 Å². The lowest BCUT2D eigenvalue weighted by molar-refractivity contribution is -0.192. The average molecular weight is 578 g/mol. The first-order valence-corrected chi connectivity index (χ1v) is 12.6. The normalized spacial score (nSPS) is 11.3. The number of aromatic nitrogens is 1. The fourth-order valence-corrected chi connectivity index (χ4v) is 4.99. The first-order valence-electron chi connectivity index (χ1n) is 11.8. The zero-order valence-corrected chi connectivity index (χ0v) is 22.6. The number of rotatable bonds is 8. The number of benzene rings is 2. The average Bonchev–Trinajstić information content (AvgIpc) is 3.31. The second kappa shape index (κ2) is 12.7. The number of carboxylic acids is 1. The highest BCUT2D eigenvalue weighted by atomic mass is 32.1. The van der Waals surface area contributed by atoms with Crippen LogP contribution in [-0.4, -0.2) is 72.7 Å². The van der Waals surface area contributed by atoms with Crippen molar-refractivity contribution < 1.29 is 37.4 Å². The maximum Gasteiger partial charge on any atom is 0.490 e. The van der Waals surface area contributed by atoms with Gasteiger partial charge in [0.05, 0.1) is 23.9 Å². The number of likely N-dealkylation sites (N-methyl/N-ethyl adjacent to an activating group) is 1. The van der Waals surface area contributed by atoms with Crippen LogP contribution in [-0.2, 0) is 11.3 Å². The first kappa shape index (κ1) is 30.3. The van der Waals surface area contributed by atoms with Crippen LogP contribution in [0.3, 0.4) is 0 Å². The number of halogens is 3. The van der Waals surface area contributed by atoms with Gasteiger partial charge in [0.15, 0.2) is 11.5 Å². The molecule has 0 saturated carbocycles. The molecule has 2 N–H and O–H groups in total. The number of thiophene rings is 1. The number of carbonyl (C=O) groups is 3. The summed E-state index contributed by atoms with van der Waals surface area (Å²) in [7, 11) is 5.31. The number of ketones is 1. The van der Waals surface area contributed by atoms with Crippen molar-refractivity contribution in [3.05, 3.63) is 75.4 Å². The predicted molar refractivity (Wildman–Crippen MR) is 145 cm³/mol. The summed E-state index contributed by atoms with van der Waals surface area (Å²) in [6, 6.07) is 16.3. The fraction of sp³-hybridized carbons (Fsp3) is 0.259. The van der Waals surface area contributed by atoms with Gasteiger partial charge >= 0.3 is 12.1 Å². The van der Waals surface area contributed by atoms with Crippen LogP contribution in [0.15, 0.2) is 59.4 Å². The number of hydrogen-bond donors (Lipinski definition) is 2. The van der Waals surface area contributed by atoms with Gasteiger partial charge in [-0.05, 0) is 20.2 Å². The van der Waals surface area contributed by atoms with E-state index in [1.165, 1.54) is 23.0 Å². The van der Waals surface area contributed by atoms with Crippen LogP contribution in [0.4, 0.5) is 13.2 Å². The van der Waals surface area contributed by atoms with E-state index in [1.54, 1.807) is 24.3 Å². The highest BCUT2D eigenvalue weighted by Crippen LogP contribution is 2.39. The molecule has 4 aromatic rings. The van der Waals surface area contributed by atoms with E-state index in [0.29, 0.717) is 39.1 Å². The molecule has 9 nitrogen and oxygen atoms in total. The maximum absolute atomic E-state index is 13.6. The molecule has 40 heavy (non-hydrogen) atoms. The third-order valence-electron chi connectivity index (χ3n) is 5.66. The van der Waals surface area contributed by atoms with Crippen LogP contribution < -0.4 is 15.6 Å². The predicted octanol–water partition coefficient (Wildman–Crippen LogP) is 4.03. The Morgan fingerprint density at radius 1 is 1.05 bits per heavy atom. The zero-order chi connectivity index (χ0) is 29.6. The number of amides is 1. The lowest BCUT2D eigenvalue weighted by Crippen LogP contribution is -2.31. The standard InChI is InChI=1S/C25H25N3O4S.C2HF3O2/c1-27(2)14-13-26-24(30)23-21(32-3)20-22(33-23)17-11-7-8-12-18(17)28(25(20)31)15-19(29)16-9-5-4-6-10-16;3-2(4,5)1(6)7/h4-12H,13-15H2,1-3H3,(H,26,30);(H,6,7). The number of para-hydroxylation sites is 1. The van der Waals surface area contributed by atoms with Crippen LogP contribution in [0.2, 0.25) is 0 Å². The molecule has 4 rings (SSSR count). The maximum atomic E-state index is 13.6. The fourth-order valence-electron chi connectivity index (χ4n) is 3.78. The number of ether oxygens (including phenoxy) is 1. The summed E-state index contributed by atoms with van der Waals surface area (Å²) in [6.45, 7) is 1.05. The number of nitrogens with zero attached hydrogens (tertiary/aromatic N) is 2. The Hall–Kier alpha value is -4.23. The molecule has 0 spiro atoms. The molecular formula is C27H26F3N3O6S. The van der Waals surface area contributed by atoms with Crippen molar-refractivity contribution in [2.45, 2.75) is 12.7 Å². The van der Waals surface area contributed by atoms with Crippen LogP contribution >= 0.6 is 11.3 Å². The smallest absolute Gasteiger partial charge is 0.490 e. The number of carboxylic acid groups (broad SMARTS) is 1. The zero-order valence-electron chi connectivity index (χ0n) is 21.7. The molecule has 13 heteroatoms. The second-order valence-electron chi connectivity index (χ2n) is 8.73. The molecule has 0 fully saturated rings. The van der Waals surface area contributed by atoms with E-state index in [-0.39, 0.29) is 29.5 Å². The van der Waals surface area contributed by atoms with Crippen LogP contribution in [0, 0.1) is 0 Å². The Balaban J connectivity index is 0.000000559. The van der Waals surface area contributed by atoms with E-state index >= 15 is 0 Å². The summed E-state index contributed by atoms with van der Waals surface area (Å²) in [4.78, 5) is 50.7. The lowest BCUT2D eigenvalue weighted by Gasteiger charge is -2.12. The molecule has 2 aromatic carbocycles. The Bertz CT molecular complexity index is 1600. The Labute approximate surface area is 230 Å². The van der Waals surface area contributed by atoms with Crippen LogP contribution in [0.25, 0.3) is 21.0 Å². The third-order valence-corrected chi connectivity index (χ3v) is 6.86. The van der Waals surface area contributed by atoms with E-state index in [9.17, 15) is 27.6 Å². The van der Waals surface area contributed by atoms with Crippen LogP contribution in [0.1, 0.15) is 20.0 Å². The van der Waals surface area contributed by atoms with Crippen molar-refractivity contribution in [1.82, 2.24) is 14.8 Å². The summed E-state index contributed by atoms with van der Waals surface area (Å²) in [5, 5.41) is 11.1. The molecule has 0 atom stereocenters. The molecule has 0 aliphatic rings. The number of hydrogen-bond acceptors (Lipinski definition) is 7. The monoisotopic (exact) mass is 577 g/mol. The van der Waals surface area contributed by atoms with E-state index < -0.39 is 12.1 Å². The molecule has 0 unspecified atom stereocenters. The number of nitrogens with one attached hydrogen (secondary N) is 1. The van der Waals surface area contributed by atoms with Gasteiger partial charge in [-0.2, -0.15) is 13.2 Å². The molecule has 2 aromatic heterocycles. The molecule has 0 radical (unpaired) electrons. The number of methoxy groups -OCH3 is 1. The third kappa shape index (κ3) is 6.85. The highest BCUT2D eigenvalue weighted by Gasteiger charge is 2.38. The van der Waals surface area contributed by atoms with Crippen molar-refractivity contribution in [3.8, 4) is 5.75 Å². The van der Waals surface area contributed by atoms with Gasteiger partial charge in [0.2, 0.25) is 0 Å². The molecule has 1 amide bonds. The largest absolute Gasteiger partial charge is 0.494 e. The Kier molecular flexibility index (Phi) is 9.66. The number of alkyl halides is 3. The molecule has 0 aliphatic heterocycles. The molecule has 212 valence electrons. The SMILES string of the molecule is COc1c(C(=O)NCCN(C)C)sc2c1c(=O)n(CC(=O)c1ccccc1)c1ccccc21.O=C(O)C(F)(F)F. The summed E-state index contributed by atoms with van der Waals surface area (Å²) in [5.74, 6) is -2.97. The van der Waals surface area contributed by atoms with Gasteiger partial charge < -0.3 is 20.1 Å². The van der Waals surface area contributed by atoms with Gasteiger partial charge in [-0.3, -0.25) is 19.0 Å². The van der Waals surface area contributed by atoms with Gasteiger partial charge in [-0.25, -0.2) is 4.79 Å².